The predicted molar refractivity (Wildman–Crippen MR) is 128 cm³/mol. The van der Waals surface area contributed by atoms with Crippen molar-refractivity contribution in [2.45, 2.75) is 51.5 Å². The summed E-state index contributed by atoms with van der Waals surface area (Å²) in [5, 5.41) is 11.9. The second kappa shape index (κ2) is 9.87. The molecule has 1 aliphatic heterocycles. The van der Waals surface area contributed by atoms with Gasteiger partial charge in [0.15, 0.2) is 0 Å². The van der Waals surface area contributed by atoms with Crippen LogP contribution in [-0.4, -0.2) is 53.7 Å². The molecule has 0 spiro atoms. The standard InChI is InChI=1S/C27H32N2O5/c1-27(2)12-7-14-29(15-13-27)25(32)23(16-24(30)31)28-26(33)34-17-22-20-10-5-3-8-18(20)19-9-4-6-11-21(19)22/h3-6,8-11,22-23H,7,12-17H2,1-2H3,(H,28,33)(H,30,31). The molecular formula is C27H32N2O5. The van der Waals surface area contributed by atoms with Gasteiger partial charge in [-0.2, -0.15) is 0 Å². The quantitative estimate of drug-likeness (QED) is 0.660. The molecule has 2 aromatic rings. The van der Waals surface area contributed by atoms with Gasteiger partial charge in [-0.05, 0) is 46.9 Å². The number of carboxylic acids is 1. The maximum Gasteiger partial charge on any atom is 0.407 e. The minimum Gasteiger partial charge on any atom is -0.481 e. The van der Waals surface area contributed by atoms with Crippen LogP contribution in [0.15, 0.2) is 48.5 Å². The highest BCUT2D eigenvalue weighted by atomic mass is 16.5. The first-order valence-electron chi connectivity index (χ1n) is 11.9. The molecule has 34 heavy (non-hydrogen) atoms. The van der Waals surface area contributed by atoms with Crippen molar-refractivity contribution in [3.05, 3.63) is 59.7 Å². The van der Waals surface area contributed by atoms with Gasteiger partial charge < -0.3 is 20.1 Å². The number of carboxylic acid groups (broad SMARTS) is 1. The molecule has 0 bridgehead atoms. The fraction of sp³-hybridized carbons (Fsp3) is 0.444. The van der Waals surface area contributed by atoms with Crippen molar-refractivity contribution in [2.75, 3.05) is 19.7 Å². The summed E-state index contributed by atoms with van der Waals surface area (Å²) in [6, 6.07) is 14.9. The minimum absolute atomic E-state index is 0.103. The zero-order valence-electron chi connectivity index (χ0n) is 19.8. The zero-order valence-corrected chi connectivity index (χ0v) is 19.8. The van der Waals surface area contributed by atoms with Gasteiger partial charge in [-0.25, -0.2) is 4.79 Å². The lowest BCUT2D eigenvalue weighted by molar-refractivity contribution is -0.142. The SMILES string of the molecule is CC1(C)CCCN(C(=O)C(CC(=O)O)NC(=O)OCC2c3ccccc3-c3ccccc32)CC1. The van der Waals surface area contributed by atoms with E-state index in [4.69, 9.17) is 4.74 Å². The molecule has 1 atom stereocenters. The van der Waals surface area contributed by atoms with E-state index < -0.39 is 24.5 Å². The van der Waals surface area contributed by atoms with Crippen molar-refractivity contribution in [1.82, 2.24) is 10.2 Å². The lowest BCUT2D eigenvalue weighted by Crippen LogP contribution is -2.50. The van der Waals surface area contributed by atoms with Gasteiger partial charge in [0.2, 0.25) is 5.91 Å². The van der Waals surface area contributed by atoms with E-state index in [-0.39, 0.29) is 23.8 Å². The molecule has 1 fully saturated rings. The molecule has 0 aromatic heterocycles. The molecule has 1 saturated heterocycles. The van der Waals surface area contributed by atoms with E-state index in [1.165, 1.54) is 0 Å². The van der Waals surface area contributed by atoms with Crippen LogP contribution < -0.4 is 5.32 Å². The monoisotopic (exact) mass is 464 g/mol. The van der Waals surface area contributed by atoms with Crippen LogP contribution in [0.3, 0.4) is 0 Å². The number of hydrogen-bond donors (Lipinski definition) is 2. The van der Waals surface area contributed by atoms with E-state index in [1.807, 2.05) is 36.4 Å². The Bertz CT molecular complexity index is 1030. The molecule has 2 amide bonds. The topological polar surface area (TPSA) is 95.9 Å². The molecule has 7 nitrogen and oxygen atoms in total. The average Bonchev–Trinajstić information content (AvgIpc) is 3.00. The van der Waals surface area contributed by atoms with Crippen LogP contribution in [0, 0.1) is 5.41 Å². The van der Waals surface area contributed by atoms with Gasteiger partial charge in [0.05, 0.1) is 6.42 Å². The first-order chi connectivity index (χ1) is 16.2. The number of benzene rings is 2. The van der Waals surface area contributed by atoms with Gasteiger partial charge in [0.25, 0.3) is 0 Å². The Balaban J connectivity index is 1.42. The van der Waals surface area contributed by atoms with Crippen molar-refractivity contribution >= 4 is 18.0 Å². The van der Waals surface area contributed by atoms with Gasteiger partial charge in [0.1, 0.15) is 12.6 Å². The molecule has 1 aliphatic carbocycles. The summed E-state index contributed by atoms with van der Waals surface area (Å²) in [4.78, 5) is 38.9. The molecule has 0 radical (unpaired) electrons. The van der Waals surface area contributed by atoms with Crippen LogP contribution in [0.4, 0.5) is 4.79 Å². The normalized spacial score (nSPS) is 17.8. The Morgan fingerprint density at radius 1 is 1.03 bits per heavy atom. The van der Waals surface area contributed by atoms with Gasteiger partial charge in [-0.3, -0.25) is 9.59 Å². The Hall–Kier alpha value is -3.35. The number of nitrogens with zero attached hydrogens (tertiary/aromatic N) is 1. The van der Waals surface area contributed by atoms with E-state index >= 15 is 0 Å². The number of rotatable bonds is 6. The molecule has 1 heterocycles. The lowest BCUT2D eigenvalue weighted by atomic mass is 9.85. The van der Waals surface area contributed by atoms with Crippen molar-refractivity contribution < 1.29 is 24.2 Å². The number of carbonyl (C=O) groups is 3. The zero-order chi connectivity index (χ0) is 24.3. The largest absolute Gasteiger partial charge is 0.481 e. The van der Waals surface area contributed by atoms with Gasteiger partial charge >= 0.3 is 12.1 Å². The van der Waals surface area contributed by atoms with Gasteiger partial charge in [0, 0.05) is 19.0 Å². The summed E-state index contributed by atoms with van der Waals surface area (Å²) in [6.07, 6.45) is 1.42. The molecule has 7 heteroatoms. The summed E-state index contributed by atoms with van der Waals surface area (Å²) in [5.41, 5.74) is 4.55. The molecule has 2 aromatic carbocycles. The molecule has 180 valence electrons. The van der Waals surface area contributed by atoms with Crippen LogP contribution in [0.1, 0.15) is 56.6 Å². The lowest BCUT2D eigenvalue weighted by Gasteiger charge is -2.27. The number of nitrogens with one attached hydrogen (secondary N) is 1. The van der Waals surface area contributed by atoms with E-state index in [0.717, 1.165) is 41.5 Å². The highest BCUT2D eigenvalue weighted by Gasteiger charge is 2.33. The van der Waals surface area contributed by atoms with E-state index in [9.17, 15) is 19.5 Å². The minimum atomic E-state index is -1.16. The molecule has 0 saturated carbocycles. The van der Waals surface area contributed by atoms with Crippen molar-refractivity contribution in [2.24, 2.45) is 5.41 Å². The number of hydrogen-bond acceptors (Lipinski definition) is 4. The summed E-state index contributed by atoms with van der Waals surface area (Å²) in [5.74, 6) is -1.62. The molecule has 2 aliphatic rings. The van der Waals surface area contributed by atoms with Crippen LogP contribution in [0.25, 0.3) is 11.1 Å². The number of carbonyl (C=O) groups excluding carboxylic acids is 2. The summed E-state index contributed by atoms with van der Waals surface area (Å²) in [7, 11) is 0. The fourth-order valence-electron chi connectivity index (χ4n) is 5.02. The second-order valence-corrected chi connectivity index (χ2v) is 9.96. The van der Waals surface area contributed by atoms with Crippen LogP contribution in [-0.2, 0) is 14.3 Å². The molecular weight excluding hydrogens is 432 g/mol. The molecule has 2 N–H and O–H groups in total. The van der Waals surface area contributed by atoms with E-state index in [0.29, 0.717) is 13.1 Å². The number of amides is 2. The Morgan fingerprint density at radius 2 is 1.65 bits per heavy atom. The van der Waals surface area contributed by atoms with Crippen molar-refractivity contribution in [3.8, 4) is 11.1 Å². The fourth-order valence-corrected chi connectivity index (χ4v) is 5.02. The van der Waals surface area contributed by atoms with Gasteiger partial charge in [-0.1, -0.05) is 62.4 Å². The average molecular weight is 465 g/mol. The van der Waals surface area contributed by atoms with Crippen LogP contribution in [0.2, 0.25) is 0 Å². The number of ether oxygens (including phenoxy) is 1. The summed E-state index contributed by atoms with van der Waals surface area (Å²) < 4.78 is 5.53. The van der Waals surface area contributed by atoms with E-state index in [2.05, 4.69) is 31.3 Å². The molecule has 1 unspecified atom stereocenters. The Kier molecular flexibility index (Phi) is 6.91. The number of alkyl carbamates (subject to hydrolysis) is 1. The van der Waals surface area contributed by atoms with Gasteiger partial charge in [-0.15, -0.1) is 0 Å². The highest BCUT2D eigenvalue weighted by molar-refractivity contribution is 5.89. The van der Waals surface area contributed by atoms with E-state index in [1.54, 1.807) is 4.90 Å². The van der Waals surface area contributed by atoms with Crippen molar-refractivity contribution in [3.63, 3.8) is 0 Å². The smallest absolute Gasteiger partial charge is 0.407 e. The third-order valence-corrected chi connectivity index (χ3v) is 6.96. The van der Waals surface area contributed by atoms with Crippen LogP contribution in [0.5, 0.6) is 0 Å². The Labute approximate surface area is 200 Å². The molecule has 4 rings (SSSR count). The summed E-state index contributed by atoms with van der Waals surface area (Å²) in [6.45, 7) is 5.56. The first kappa shape index (κ1) is 23.8. The predicted octanol–water partition coefficient (Wildman–Crippen LogP) is 4.41. The number of aliphatic carboxylic acids is 1. The maximum absolute atomic E-state index is 13.1. The third-order valence-electron chi connectivity index (χ3n) is 6.96. The third kappa shape index (κ3) is 5.24. The van der Waals surface area contributed by atoms with Crippen LogP contribution >= 0.6 is 0 Å². The van der Waals surface area contributed by atoms with Crippen molar-refractivity contribution in [1.29, 1.82) is 0 Å². The number of likely N-dealkylation sites (tertiary alicyclic amines) is 1. The number of fused-ring (bicyclic) bond motifs is 3. The highest BCUT2D eigenvalue weighted by Crippen LogP contribution is 2.44. The maximum atomic E-state index is 13.1. The summed E-state index contributed by atoms with van der Waals surface area (Å²) >= 11 is 0. The second-order valence-electron chi connectivity index (χ2n) is 9.96. The Morgan fingerprint density at radius 3 is 2.26 bits per heavy atom. The first-order valence-corrected chi connectivity index (χ1v) is 11.9.